The number of sulfonamides is 1. The van der Waals surface area contributed by atoms with Gasteiger partial charge in [-0.2, -0.15) is 5.10 Å². The number of nitrogens with zero attached hydrogens (tertiary/aromatic N) is 5. The summed E-state index contributed by atoms with van der Waals surface area (Å²) in [6.07, 6.45) is 2.80. The van der Waals surface area contributed by atoms with Crippen LogP contribution in [0.2, 0.25) is 0 Å². The Labute approximate surface area is 235 Å². The molecule has 13 heteroatoms. The second kappa shape index (κ2) is 11.1. The van der Waals surface area contributed by atoms with Gasteiger partial charge in [-0.05, 0) is 72.5 Å². The largest absolute Gasteiger partial charge is 0.326 e. The first-order valence-corrected chi connectivity index (χ1v) is 15.3. The van der Waals surface area contributed by atoms with Gasteiger partial charge in [-0.3, -0.25) is 19.6 Å². The summed E-state index contributed by atoms with van der Waals surface area (Å²) in [6, 6.07) is 19.1. The number of amides is 1. The number of anilines is 2. The number of hydrogen-bond acceptors (Lipinski definition) is 8. The summed E-state index contributed by atoms with van der Waals surface area (Å²) in [5, 5.41) is 17.0. The maximum atomic E-state index is 11.8. The summed E-state index contributed by atoms with van der Waals surface area (Å²) in [7, 11) is -1.77. The van der Waals surface area contributed by atoms with Crippen molar-refractivity contribution in [1.29, 1.82) is 0 Å². The molecule has 3 aromatic carbocycles. The quantitative estimate of drug-likeness (QED) is 0.188. The van der Waals surface area contributed by atoms with Gasteiger partial charge in [0.15, 0.2) is 0 Å². The molecule has 0 spiro atoms. The summed E-state index contributed by atoms with van der Waals surface area (Å²) < 4.78 is 25.6. The smallest absolute Gasteiger partial charge is 0.301 e. The van der Waals surface area contributed by atoms with Crippen molar-refractivity contribution in [3.05, 3.63) is 93.5 Å². The number of carbonyl (C=O) groups is 1. The van der Waals surface area contributed by atoms with E-state index in [4.69, 9.17) is 4.99 Å². The third-order valence-corrected chi connectivity index (χ3v) is 7.93. The summed E-state index contributed by atoms with van der Waals surface area (Å²) in [6.45, 7) is 0.684. The van der Waals surface area contributed by atoms with Crippen LogP contribution in [0, 0.1) is 10.1 Å². The van der Waals surface area contributed by atoms with Crippen LogP contribution in [0.4, 0.5) is 27.5 Å². The van der Waals surface area contributed by atoms with Crippen LogP contribution in [0.15, 0.2) is 76.8 Å². The zero-order chi connectivity index (χ0) is 28.4. The summed E-state index contributed by atoms with van der Waals surface area (Å²) in [4.78, 5) is 29.7. The topological polar surface area (TPSA) is 138 Å². The molecule has 0 fully saturated rings. The fourth-order valence-electron chi connectivity index (χ4n) is 4.57. The molecule has 1 amide bonds. The average Bonchev–Trinajstić information content (AvgIpc) is 2.93. The lowest BCUT2D eigenvalue weighted by Crippen LogP contribution is -2.36. The molecular weight excluding hydrogens is 552 g/mol. The minimum absolute atomic E-state index is 0.0161. The summed E-state index contributed by atoms with van der Waals surface area (Å²) >= 11 is 1.22. The molecule has 0 aromatic heterocycles. The van der Waals surface area contributed by atoms with Gasteiger partial charge in [0.05, 0.1) is 22.6 Å². The molecule has 1 N–H and O–H groups in total. The van der Waals surface area contributed by atoms with Gasteiger partial charge in [0, 0.05) is 48.4 Å². The number of non-ortho nitro benzene ring substituents is 1. The van der Waals surface area contributed by atoms with E-state index in [0.717, 1.165) is 41.6 Å². The molecule has 2 heterocycles. The van der Waals surface area contributed by atoms with Crippen LogP contribution in [0.25, 0.3) is 0 Å². The highest BCUT2D eigenvalue weighted by Gasteiger charge is 2.25. The van der Waals surface area contributed by atoms with Crippen molar-refractivity contribution >= 4 is 61.3 Å². The van der Waals surface area contributed by atoms with Gasteiger partial charge in [-0.25, -0.2) is 18.4 Å². The van der Waals surface area contributed by atoms with E-state index in [1.165, 1.54) is 28.9 Å². The Bertz CT molecular complexity index is 1640. The number of nitro groups is 1. The fraction of sp³-hybridized carbons (Fsp3) is 0.222. The van der Waals surface area contributed by atoms with Gasteiger partial charge in [0.2, 0.25) is 10.0 Å². The second-order valence-electron chi connectivity index (χ2n) is 9.38. The van der Waals surface area contributed by atoms with Crippen molar-refractivity contribution in [3.8, 4) is 0 Å². The van der Waals surface area contributed by atoms with Crippen LogP contribution >= 0.6 is 11.8 Å². The van der Waals surface area contributed by atoms with Crippen molar-refractivity contribution in [3.63, 3.8) is 0 Å². The van der Waals surface area contributed by atoms with Gasteiger partial charge in [0.1, 0.15) is 5.84 Å². The Hall–Kier alpha value is -4.23. The number of fused-ring (bicyclic) bond motifs is 1. The molecule has 5 rings (SSSR count). The zero-order valence-corrected chi connectivity index (χ0v) is 23.4. The first-order chi connectivity index (χ1) is 19.1. The molecule has 3 aromatic rings. The third kappa shape index (κ3) is 6.15. The van der Waals surface area contributed by atoms with Crippen molar-refractivity contribution in [1.82, 2.24) is 5.01 Å². The first-order valence-electron chi connectivity index (χ1n) is 12.4. The highest BCUT2D eigenvalue weighted by Crippen LogP contribution is 2.32. The lowest BCUT2D eigenvalue weighted by Gasteiger charge is -2.33. The van der Waals surface area contributed by atoms with E-state index >= 15 is 0 Å². The monoisotopic (exact) mass is 578 g/mol. The van der Waals surface area contributed by atoms with Crippen molar-refractivity contribution in [2.75, 3.05) is 35.2 Å². The average molecular weight is 579 g/mol. The van der Waals surface area contributed by atoms with Crippen LogP contribution in [0.5, 0.6) is 0 Å². The highest BCUT2D eigenvalue weighted by atomic mass is 32.2. The molecule has 2 aliphatic heterocycles. The van der Waals surface area contributed by atoms with Gasteiger partial charge in [-0.1, -0.05) is 17.8 Å². The number of nitro benzene ring substituents is 1. The van der Waals surface area contributed by atoms with Crippen LogP contribution in [-0.4, -0.2) is 60.7 Å². The minimum atomic E-state index is -3.41. The van der Waals surface area contributed by atoms with Gasteiger partial charge >= 0.3 is 5.24 Å². The second-order valence-corrected chi connectivity index (χ2v) is 12.1. The van der Waals surface area contributed by atoms with Crippen molar-refractivity contribution in [2.45, 2.75) is 12.8 Å². The minimum Gasteiger partial charge on any atom is -0.326 e. The van der Waals surface area contributed by atoms with Crippen LogP contribution in [0.1, 0.15) is 23.1 Å². The molecule has 0 aliphatic carbocycles. The molecule has 2 aliphatic rings. The number of benzene rings is 3. The molecule has 40 heavy (non-hydrogen) atoms. The van der Waals surface area contributed by atoms with Crippen LogP contribution < -0.4 is 9.62 Å². The highest BCUT2D eigenvalue weighted by molar-refractivity contribution is 8.14. The molecular formula is C27H26N6O5S2. The van der Waals surface area contributed by atoms with Crippen molar-refractivity contribution < 1.29 is 18.1 Å². The lowest BCUT2D eigenvalue weighted by molar-refractivity contribution is -0.384. The van der Waals surface area contributed by atoms with E-state index in [2.05, 4.69) is 20.8 Å². The number of hydrogen-bond donors (Lipinski definition) is 1. The number of nitrogens with one attached hydrogen (secondary N) is 1. The number of hydrazone groups is 1. The lowest BCUT2D eigenvalue weighted by atomic mass is 9.97. The molecule has 11 nitrogen and oxygen atoms in total. The van der Waals surface area contributed by atoms with E-state index < -0.39 is 14.9 Å². The van der Waals surface area contributed by atoms with E-state index in [1.807, 2.05) is 12.1 Å². The normalized spacial score (nSPS) is 15.9. The molecule has 0 radical (unpaired) electrons. The Morgan fingerprint density at radius 1 is 1.10 bits per heavy atom. The predicted molar refractivity (Wildman–Crippen MR) is 158 cm³/mol. The Kier molecular flexibility index (Phi) is 7.59. The number of aliphatic imine (C=N–C) groups is 1. The summed E-state index contributed by atoms with van der Waals surface area (Å²) in [5.41, 5.74) is 5.57. The SMILES string of the molecule is CN1N=C(c2ccc3c(c2)CCCN3C(=Nc2ccc(NS(C)(=O)=O)cc2)c2ccc([N+](=O)[O-])cc2)CSC1=O. The maximum Gasteiger partial charge on any atom is 0.301 e. The standard InChI is InChI=1S/C27H26N6O5S2/c1-31-27(34)39-17-24(29-31)19-7-14-25-20(16-19)4-3-15-32(25)26(18-5-12-23(13-6-18)33(35)36)28-21-8-10-22(11-9-21)30-40(2,37)38/h5-14,16,30H,3-4,15,17H2,1-2H3. The molecule has 0 unspecified atom stereocenters. The summed E-state index contributed by atoms with van der Waals surface area (Å²) in [5.74, 6) is 1.12. The predicted octanol–water partition coefficient (Wildman–Crippen LogP) is 5.00. The van der Waals surface area contributed by atoms with E-state index in [9.17, 15) is 23.3 Å². The number of amidine groups is 1. The fourth-order valence-corrected chi connectivity index (χ4v) is 5.84. The van der Waals surface area contributed by atoms with Crippen LogP contribution in [-0.2, 0) is 16.4 Å². The number of carbonyl (C=O) groups excluding carboxylic acids is 1. The number of thioether (sulfide) groups is 1. The van der Waals surface area contributed by atoms with E-state index in [-0.39, 0.29) is 10.9 Å². The Morgan fingerprint density at radius 2 is 1.82 bits per heavy atom. The molecule has 0 atom stereocenters. The Morgan fingerprint density at radius 3 is 2.48 bits per heavy atom. The van der Waals surface area contributed by atoms with E-state index in [1.54, 1.807) is 43.4 Å². The molecule has 0 saturated heterocycles. The third-order valence-electron chi connectivity index (χ3n) is 6.40. The molecule has 0 saturated carbocycles. The zero-order valence-electron chi connectivity index (χ0n) is 21.8. The number of rotatable bonds is 6. The number of aryl methyl sites for hydroxylation is 1. The van der Waals surface area contributed by atoms with Gasteiger partial charge < -0.3 is 4.90 Å². The maximum absolute atomic E-state index is 11.8. The van der Waals surface area contributed by atoms with Gasteiger partial charge in [-0.15, -0.1) is 0 Å². The Balaban J connectivity index is 1.54. The van der Waals surface area contributed by atoms with Crippen LogP contribution in [0.3, 0.4) is 0 Å². The van der Waals surface area contributed by atoms with Crippen molar-refractivity contribution in [2.24, 2.45) is 10.1 Å². The molecule has 206 valence electrons. The van der Waals surface area contributed by atoms with Gasteiger partial charge in [0.25, 0.3) is 5.69 Å². The van der Waals surface area contributed by atoms with E-state index in [0.29, 0.717) is 35.1 Å². The molecule has 0 bridgehead atoms. The first kappa shape index (κ1) is 27.3.